The summed E-state index contributed by atoms with van der Waals surface area (Å²) in [5.74, 6) is 0.617. The van der Waals surface area contributed by atoms with Gasteiger partial charge >= 0.3 is 0 Å². The standard InChI is InChI=1S/C38H45N7O4S/c1-25-9-6-10-26(2)34(25)31-20-33-42-36(41-31)43-50(47,48)30-12-7-11-27(19-30)35(46)44(29(24-49-33)13-16-37(3,4)5)23-28-21-39-22-32(40-28)45-18-17-38(45)14-8-15-38/h6-7,9-12,19-22,29H,8,13-18,23-24H2,1-5H3,(H,41,42,43)/t29-/m1/s1. The van der Waals surface area contributed by atoms with Crippen molar-refractivity contribution >= 4 is 27.7 Å². The van der Waals surface area contributed by atoms with Crippen molar-refractivity contribution in [2.75, 3.05) is 22.8 Å². The fourth-order valence-corrected chi connectivity index (χ4v) is 8.28. The Hall–Kier alpha value is -4.58. The minimum Gasteiger partial charge on any atom is -0.475 e. The molecular weight excluding hydrogens is 651 g/mol. The van der Waals surface area contributed by atoms with Crippen LogP contribution < -0.4 is 14.4 Å². The zero-order chi connectivity index (χ0) is 35.3. The van der Waals surface area contributed by atoms with Crippen molar-refractivity contribution in [1.82, 2.24) is 24.8 Å². The number of amides is 1. The second-order valence-corrected chi connectivity index (χ2v) is 16.8. The van der Waals surface area contributed by atoms with Crippen LogP contribution in [0.2, 0.25) is 0 Å². The van der Waals surface area contributed by atoms with Crippen molar-refractivity contribution in [2.45, 2.75) is 96.2 Å². The van der Waals surface area contributed by atoms with Crippen molar-refractivity contribution in [1.29, 1.82) is 0 Å². The van der Waals surface area contributed by atoms with Crippen LogP contribution in [0.25, 0.3) is 11.3 Å². The number of aryl methyl sites for hydroxylation is 2. The van der Waals surface area contributed by atoms with Gasteiger partial charge in [0.05, 0.1) is 41.3 Å². The summed E-state index contributed by atoms with van der Waals surface area (Å²) in [7, 11) is -4.17. The van der Waals surface area contributed by atoms with Crippen LogP contribution in [0.3, 0.4) is 0 Å². The quantitative estimate of drug-likeness (QED) is 0.234. The number of rotatable bonds is 6. The molecule has 1 amide bonds. The van der Waals surface area contributed by atoms with E-state index in [2.05, 4.69) is 45.3 Å². The summed E-state index contributed by atoms with van der Waals surface area (Å²) in [5, 5.41) is 0. The van der Waals surface area contributed by atoms with Gasteiger partial charge in [-0.05, 0) is 87.1 Å². The predicted molar refractivity (Wildman–Crippen MR) is 193 cm³/mol. The van der Waals surface area contributed by atoms with Crippen molar-refractivity contribution < 1.29 is 17.9 Å². The first kappa shape index (κ1) is 33.9. The molecule has 1 saturated heterocycles. The molecule has 262 valence electrons. The van der Waals surface area contributed by atoms with Gasteiger partial charge in [-0.25, -0.2) is 23.1 Å². The molecule has 3 aliphatic rings. The molecule has 2 aromatic heterocycles. The third-order valence-electron chi connectivity index (χ3n) is 10.3. The maximum absolute atomic E-state index is 14.6. The minimum atomic E-state index is -4.17. The molecule has 4 aromatic rings. The first-order valence-electron chi connectivity index (χ1n) is 17.4. The van der Waals surface area contributed by atoms with Gasteiger partial charge in [0, 0.05) is 29.3 Å². The van der Waals surface area contributed by atoms with Crippen molar-refractivity contribution in [3.05, 3.63) is 83.3 Å². The largest absolute Gasteiger partial charge is 0.475 e. The van der Waals surface area contributed by atoms with E-state index >= 15 is 0 Å². The molecule has 1 N–H and O–H groups in total. The molecule has 0 radical (unpaired) electrons. The Labute approximate surface area is 294 Å². The molecule has 2 fully saturated rings. The SMILES string of the molecule is Cc1cccc(C)c1-c1cc2nc(n1)NS(=O)(=O)c1cccc(c1)C(=O)N(Cc1cncc(N3CCC34CCC4)n1)[C@H](CCC(C)(C)C)CO2. The molecule has 1 spiro atoms. The molecule has 2 aromatic carbocycles. The highest BCUT2D eigenvalue weighted by Gasteiger charge is 2.49. The monoisotopic (exact) mass is 695 g/mol. The van der Waals surface area contributed by atoms with E-state index in [4.69, 9.17) is 9.72 Å². The fraction of sp³-hybridized carbons (Fsp3) is 0.447. The summed E-state index contributed by atoms with van der Waals surface area (Å²) in [4.78, 5) is 37.4. The lowest BCUT2D eigenvalue weighted by atomic mass is 9.68. The fourth-order valence-electron chi connectivity index (χ4n) is 7.29. The van der Waals surface area contributed by atoms with Crippen LogP contribution >= 0.6 is 0 Å². The predicted octanol–water partition coefficient (Wildman–Crippen LogP) is 6.71. The van der Waals surface area contributed by atoms with E-state index in [1.807, 2.05) is 38.2 Å². The Morgan fingerprint density at radius 1 is 0.980 bits per heavy atom. The first-order chi connectivity index (χ1) is 23.8. The normalized spacial score (nSPS) is 19.6. The summed E-state index contributed by atoms with van der Waals surface area (Å²) in [6, 6.07) is 13.4. The highest BCUT2D eigenvalue weighted by molar-refractivity contribution is 7.92. The van der Waals surface area contributed by atoms with Gasteiger partial charge in [0.25, 0.3) is 15.9 Å². The van der Waals surface area contributed by atoms with E-state index in [1.54, 1.807) is 29.3 Å². The number of benzene rings is 2. The Morgan fingerprint density at radius 3 is 2.42 bits per heavy atom. The summed E-state index contributed by atoms with van der Waals surface area (Å²) in [6.07, 6.45) is 9.70. The molecule has 1 saturated carbocycles. The molecule has 4 bridgehead atoms. The average molecular weight is 696 g/mol. The molecule has 12 heteroatoms. The van der Waals surface area contributed by atoms with Crippen LogP contribution in [0.1, 0.15) is 86.5 Å². The highest BCUT2D eigenvalue weighted by atomic mass is 32.2. The van der Waals surface area contributed by atoms with Gasteiger partial charge in [0.2, 0.25) is 11.8 Å². The van der Waals surface area contributed by atoms with Crippen LogP contribution in [-0.2, 0) is 16.6 Å². The number of sulfonamides is 1. The van der Waals surface area contributed by atoms with Crippen molar-refractivity contribution in [2.24, 2.45) is 5.41 Å². The van der Waals surface area contributed by atoms with E-state index in [9.17, 15) is 13.2 Å². The first-order valence-corrected chi connectivity index (χ1v) is 18.9. The molecular formula is C38H45N7O4S. The number of carbonyl (C=O) groups is 1. The van der Waals surface area contributed by atoms with Gasteiger partial charge in [-0.1, -0.05) is 45.0 Å². The molecule has 4 heterocycles. The van der Waals surface area contributed by atoms with Gasteiger partial charge in [0.15, 0.2) is 0 Å². The maximum Gasteiger partial charge on any atom is 0.264 e. The molecule has 11 nitrogen and oxygen atoms in total. The van der Waals surface area contributed by atoms with Crippen molar-refractivity contribution in [3.63, 3.8) is 0 Å². The van der Waals surface area contributed by atoms with Gasteiger partial charge in [-0.3, -0.25) is 9.78 Å². The molecule has 0 unspecified atom stereocenters. The molecule has 7 rings (SSSR count). The smallest absolute Gasteiger partial charge is 0.264 e. The number of nitrogens with one attached hydrogen (secondary N) is 1. The van der Waals surface area contributed by atoms with Crippen LogP contribution in [0.4, 0.5) is 11.8 Å². The average Bonchev–Trinajstić information content (AvgIpc) is 3.02. The van der Waals surface area contributed by atoms with Crippen molar-refractivity contribution in [3.8, 4) is 17.1 Å². The van der Waals surface area contributed by atoms with Crippen LogP contribution in [0.5, 0.6) is 5.88 Å². The topological polar surface area (TPSA) is 131 Å². The van der Waals surface area contributed by atoms with E-state index in [0.29, 0.717) is 17.8 Å². The van der Waals surface area contributed by atoms with Gasteiger partial charge < -0.3 is 14.5 Å². The second kappa shape index (κ2) is 12.9. The molecule has 50 heavy (non-hydrogen) atoms. The Kier molecular flexibility index (Phi) is 8.78. The zero-order valence-corrected chi connectivity index (χ0v) is 30.3. The number of hydrogen-bond acceptors (Lipinski definition) is 9. The summed E-state index contributed by atoms with van der Waals surface area (Å²) < 4.78 is 36.5. The Balaban J connectivity index is 1.31. The van der Waals surface area contributed by atoms with E-state index in [0.717, 1.165) is 35.5 Å². The van der Waals surface area contributed by atoms with Crippen LogP contribution in [-0.4, -0.2) is 63.9 Å². The third kappa shape index (κ3) is 6.77. The maximum atomic E-state index is 14.6. The third-order valence-corrected chi connectivity index (χ3v) is 11.7. The summed E-state index contributed by atoms with van der Waals surface area (Å²) in [5.41, 5.74) is 4.47. The summed E-state index contributed by atoms with van der Waals surface area (Å²) in [6.45, 7) is 11.7. The van der Waals surface area contributed by atoms with Gasteiger partial charge in [0.1, 0.15) is 12.4 Å². The number of fused-ring (bicyclic) bond motifs is 4. The van der Waals surface area contributed by atoms with Crippen LogP contribution in [0.15, 0.2) is 65.8 Å². The van der Waals surface area contributed by atoms with Gasteiger partial charge in [-0.15, -0.1) is 0 Å². The Morgan fingerprint density at radius 2 is 1.74 bits per heavy atom. The number of aromatic nitrogens is 4. The number of anilines is 2. The number of hydrogen-bond donors (Lipinski definition) is 1. The minimum absolute atomic E-state index is 0.0142. The van der Waals surface area contributed by atoms with Crippen LogP contribution in [0, 0.1) is 19.3 Å². The number of ether oxygens (including phenoxy) is 1. The van der Waals surface area contributed by atoms with E-state index < -0.39 is 16.1 Å². The number of carbonyl (C=O) groups excluding carboxylic acids is 1. The van der Waals surface area contributed by atoms with E-state index in [1.165, 1.54) is 37.8 Å². The second-order valence-electron chi connectivity index (χ2n) is 15.2. The zero-order valence-electron chi connectivity index (χ0n) is 29.4. The lowest BCUT2D eigenvalue weighted by Crippen LogP contribution is -2.64. The lowest BCUT2D eigenvalue weighted by Gasteiger charge is -2.59. The lowest BCUT2D eigenvalue weighted by molar-refractivity contribution is 0.0549. The Bertz CT molecular complexity index is 2020. The number of nitrogens with zero attached hydrogens (tertiary/aromatic N) is 6. The molecule has 2 aliphatic heterocycles. The summed E-state index contributed by atoms with van der Waals surface area (Å²) >= 11 is 0. The van der Waals surface area contributed by atoms with E-state index in [-0.39, 0.29) is 52.3 Å². The highest BCUT2D eigenvalue weighted by Crippen LogP contribution is 2.48. The van der Waals surface area contributed by atoms with Gasteiger partial charge in [-0.2, -0.15) is 4.98 Å². The molecule has 1 atom stereocenters. The molecule has 1 aliphatic carbocycles.